The lowest BCUT2D eigenvalue weighted by molar-refractivity contribution is -0.384. The molecule has 3 heterocycles. The van der Waals surface area contributed by atoms with Crippen LogP contribution >= 0.6 is 22.6 Å². The molecule has 10 nitrogen and oxygen atoms in total. The van der Waals surface area contributed by atoms with Crippen LogP contribution in [0.5, 0.6) is 0 Å². The Morgan fingerprint density at radius 2 is 1.97 bits per heavy atom. The van der Waals surface area contributed by atoms with Crippen molar-refractivity contribution in [1.82, 2.24) is 24.3 Å². The van der Waals surface area contributed by atoms with Crippen molar-refractivity contribution in [3.63, 3.8) is 0 Å². The molecule has 0 unspecified atom stereocenters. The summed E-state index contributed by atoms with van der Waals surface area (Å²) in [7, 11) is 5.81. The van der Waals surface area contributed by atoms with Gasteiger partial charge in [0.1, 0.15) is 5.69 Å². The number of halogens is 1. The van der Waals surface area contributed by atoms with Crippen molar-refractivity contribution >= 4 is 51.2 Å². The van der Waals surface area contributed by atoms with Crippen molar-refractivity contribution in [1.29, 1.82) is 0 Å². The highest BCUT2D eigenvalue weighted by molar-refractivity contribution is 14.1. The summed E-state index contributed by atoms with van der Waals surface area (Å²) in [6.07, 6.45) is 5.37. The Balaban J connectivity index is 1.66. The van der Waals surface area contributed by atoms with Crippen LogP contribution in [-0.4, -0.2) is 63.4 Å². The Morgan fingerprint density at radius 3 is 2.71 bits per heavy atom. The Morgan fingerprint density at radius 1 is 1.18 bits per heavy atom. The number of hydrogen-bond acceptors (Lipinski definition) is 8. The van der Waals surface area contributed by atoms with E-state index in [2.05, 4.69) is 42.9 Å². The number of rotatable bonds is 8. The van der Waals surface area contributed by atoms with Crippen molar-refractivity contribution < 1.29 is 4.92 Å². The number of imidazole rings is 1. The molecular weight excluding hydrogens is 547 g/mol. The summed E-state index contributed by atoms with van der Waals surface area (Å²) in [5.74, 6) is 0.351. The molecule has 0 fully saturated rings. The number of benzene rings is 1. The molecule has 34 heavy (non-hydrogen) atoms. The monoisotopic (exact) mass is 572 g/mol. The van der Waals surface area contributed by atoms with Gasteiger partial charge in [-0.15, -0.1) is 0 Å². The smallest absolute Gasteiger partial charge is 0.294 e. The Labute approximate surface area is 210 Å². The van der Waals surface area contributed by atoms with Crippen molar-refractivity contribution in [3.8, 4) is 11.4 Å². The second kappa shape index (κ2) is 9.89. The van der Waals surface area contributed by atoms with Gasteiger partial charge in [-0.25, -0.2) is 15.0 Å². The normalized spacial score (nSPS) is 11.2. The summed E-state index contributed by atoms with van der Waals surface area (Å²) in [4.78, 5) is 28.9. The molecule has 0 saturated heterocycles. The lowest BCUT2D eigenvalue weighted by Crippen LogP contribution is -2.29. The first kappa shape index (κ1) is 23.8. The van der Waals surface area contributed by atoms with Gasteiger partial charge in [0.15, 0.2) is 5.65 Å². The number of aryl methyl sites for hydroxylation is 1. The molecule has 4 rings (SSSR count). The zero-order valence-electron chi connectivity index (χ0n) is 19.4. The van der Waals surface area contributed by atoms with Gasteiger partial charge in [0.25, 0.3) is 5.69 Å². The molecule has 11 heteroatoms. The molecule has 1 N–H and O–H groups in total. The summed E-state index contributed by atoms with van der Waals surface area (Å²) in [5.41, 5.74) is 4.43. The topological polar surface area (TPSA) is 105 Å². The van der Waals surface area contributed by atoms with Crippen LogP contribution in [0, 0.1) is 20.6 Å². The molecule has 0 aliphatic carbocycles. The van der Waals surface area contributed by atoms with Gasteiger partial charge in [0.2, 0.25) is 5.95 Å². The minimum absolute atomic E-state index is 0.0295. The lowest BCUT2D eigenvalue weighted by Gasteiger charge is -2.22. The molecule has 0 aliphatic heterocycles. The van der Waals surface area contributed by atoms with Crippen LogP contribution < -0.4 is 10.2 Å². The van der Waals surface area contributed by atoms with Gasteiger partial charge in [0, 0.05) is 38.6 Å². The third-order valence-electron chi connectivity index (χ3n) is 5.46. The van der Waals surface area contributed by atoms with Crippen LogP contribution in [0.4, 0.5) is 23.0 Å². The molecule has 0 amide bonds. The van der Waals surface area contributed by atoms with E-state index in [9.17, 15) is 10.1 Å². The van der Waals surface area contributed by atoms with Gasteiger partial charge in [0.05, 0.1) is 31.8 Å². The standard InChI is InChI=1S/C23H25IN8O2/c1-15-12-19(30(4)11-10-29(2)3)20(32(33)34)13-18(15)28-23-25-8-7-17(27-23)21-14-26-22-16(24)6-5-9-31(21)22/h5-9,12-14H,10-11H2,1-4H3,(H,25,27,28). The second-order valence-corrected chi connectivity index (χ2v) is 9.38. The van der Waals surface area contributed by atoms with E-state index >= 15 is 0 Å². The van der Waals surface area contributed by atoms with E-state index in [0.29, 0.717) is 29.6 Å². The average molecular weight is 572 g/mol. The maximum Gasteiger partial charge on any atom is 0.294 e. The summed E-state index contributed by atoms with van der Waals surface area (Å²) in [6.45, 7) is 3.37. The zero-order chi connectivity index (χ0) is 24.4. The van der Waals surface area contributed by atoms with Gasteiger partial charge < -0.3 is 15.1 Å². The fourth-order valence-corrected chi connectivity index (χ4v) is 4.19. The van der Waals surface area contributed by atoms with E-state index < -0.39 is 0 Å². The van der Waals surface area contributed by atoms with Crippen LogP contribution in [0.15, 0.2) is 48.9 Å². The second-order valence-electron chi connectivity index (χ2n) is 8.22. The van der Waals surface area contributed by atoms with E-state index in [0.717, 1.165) is 27.0 Å². The molecule has 0 saturated carbocycles. The number of aromatic nitrogens is 4. The van der Waals surface area contributed by atoms with Gasteiger partial charge in [-0.3, -0.25) is 14.5 Å². The van der Waals surface area contributed by atoms with Crippen LogP contribution in [-0.2, 0) is 0 Å². The average Bonchev–Trinajstić information content (AvgIpc) is 3.24. The molecule has 0 atom stereocenters. The molecule has 4 aromatic rings. The number of pyridine rings is 1. The maximum absolute atomic E-state index is 11.8. The maximum atomic E-state index is 11.8. The largest absolute Gasteiger partial charge is 0.368 e. The first-order valence-electron chi connectivity index (χ1n) is 10.6. The third-order valence-corrected chi connectivity index (χ3v) is 6.31. The molecule has 0 bridgehead atoms. The summed E-state index contributed by atoms with van der Waals surface area (Å²) >= 11 is 2.25. The molecular formula is C23H25IN8O2. The predicted octanol–water partition coefficient (Wildman–Crippen LogP) is 4.35. The van der Waals surface area contributed by atoms with E-state index in [1.54, 1.807) is 18.5 Å². The summed E-state index contributed by atoms with van der Waals surface area (Å²) in [6, 6.07) is 9.14. The van der Waals surface area contributed by atoms with E-state index in [-0.39, 0.29) is 10.6 Å². The lowest BCUT2D eigenvalue weighted by atomic mass is 10.1. The minimum atomic E-state index is -0.358. The molecule has 0 spiro atoms. The van der Waals surface area contributed by atoms with Gasteiger partial charge in [-0.2, -0.15) is 0 Å². The van der Waals surface area contributed by atoms with Gasteiger partial charge in [-0.05, 0) is 73.4 Å². The number of nitrogens with one attached hydrogen (secondary N) is 1. The highest BCUT2D eigenvalue weighted by atomic mass is 127. The van der Waals surface area contributed by atoms with Crippen molar-refractivity contribution in [3.05, 3.63) is 68.2 Å². The van der Waals surface area contributed by atoms with E-state index in [4.69, 9.17) is 0 Å². The fourth-order valence-electron chi connectivity index (χ4n) is 3.59. The number of likely N-dealkylation sites (N-methyl/N-ethyl adjacent to an activating group) is 2. The highest BCUT2D eigenvalue weighted by Crippen LogP contribution is 2.34. The Hall–Kier alpha value is -3.32. The number of hydrogen-bond donors (Lipinski definition) is 1. The molecule has 1 aromatic carbocycles. The molecule has 3 aromatic heterocycles. The minimum Gasteiger partial charge on any atom is -0.368 e. The van der Waals surface area contributed by atoms with Crippen molar-refractivity contribution in [2.24, 2.45) is 0 Å². The van der Waals surface area contributed by atoms with Gasteiger partial charge >= 0.3 is 0 Å². The number of nitrogens with zero attached hydrogens (tertiary/aromatic N) is 7. The summed E-state index contributed by atoms with van der Waals surface area (Å²) in [5, 5.41) is 15.0. The van der Waals surface area contributed by atoms with Crippen LogP contribution in [0.2, 0.25) is 0 Å². The number of fused-ring (bicyclic) bond motifs is 1. The number of anilines is 3. The molecule has 176 valence electrons. The van der Waals surface area contributed by atoms with Crippen molar-refractivity contribution in [2.75, 3.05) is 44.4 Å². The predicted molar refractivity (Wildman–Crippen MR) is 142 cm³/mol. The Bertz CT molecular complexity index is 1350. The van der Waals surface area contributed by atoms with Crippen LogP contribution in [0.25, 0.3) is 17.0 Å². The molecule has 0 aliphatic rings. The van der Waals surface area contributed by atoms with E-state index in [1.165, 1.54) is 0 Å². The number of nitro groups is 1. The van der Waals surface area contributed by atoms with Crippen molar-refractivity contribution in [2.45, 2.75) is 6.92 Å². The Kier molecular flexibility index (Phi) is 6.93. The highest BCUT2D eigenvalue weighted by Gasteiger charge is 2.21. The van der Waals surface area contributed by atoms with Gasteiger partial charge in [-0.1, -0.05) is 0 Å². The van der Waals surface area contributed by atoms with Crippen LogP contribution in [0.3, 0.4) is 0 Å². The van der Waals surface area contributed by atoms with E-state index in [1.807, 2.05) is 72.7 Å². The molecule has 0 radical (unpaired) electrons. The van der Waals surface area contributed by atoms with Crippen LogP contribution in [0.1, 0.15) is 5.56 Å². The quantitative estimate of drug-likeness (QED) is 0.189. The summed E-state index contributed by atoms with van der Waals surface area (Å²) < 4.78 is 3.01. The first-order chi connectivity index (χ1) is 16.2. The fraction of sp³-hybridized carbons (Fsp3) is 0.261. The SMILES string of the molecule is Cc1cc(N(C)CCN(C)C)c([N+](=O)[O-])cc1Nc1nccc(-c2cnc3c(I)cccn23)n1. The first-order valence-corrected chi connectivity index (χ1v) is 11.7. The third kappa shape index (κ3) is 4.94. The zero-order valence-corrected chi connectivity index (χ0v) is 21.5. The number of nitro benzene ring substituents is 1.